The average Bonchev–Trinajstić information content (AvgIpc) is 2.73. The Balaban J connectivity index is 1.90. The van der Waals surface area contributed by atoms with Gasteiger partial charge in [-0.1, -0.05) is 18.2 Å². The number of aryl methyl sites for hydroxylation is 1. The number of fused-ring (bicyclic) bond motifs is 1. The lowest BCUT2D eigenvalue weighted by Gasteiger charge is -2.03. The lowest BCUT2D eigenvalue weighted by Crippen LogP contribution is -2.27. The predicted octanol–water partition coefficient (Wildman–Crippen LogP) is 1.19. The maximum atomic E-state index is 11.3. The normalized spacial score (nSPS) is 10.8. The number of rotatable bonds is 6. The molecular weight excluding hydrogens is 240 g/mol. The standard InChI is InChI=1S/C14H20N4O/c1-3-16-14(19)8-9-15-10-12-11-6-4-5-7-13(11)18(2)17-12/h4-7,15H,3,8-10H2,1-2H3,(H,16,19). The minimum absolute atomic E-state index is 0.0841. The smallest absolute Gasteiger partial charge is 0.221 e. The predicted molar refractivity (Wildman–Crippen MR) is 75.7 cm³/mol. The molecule has 0 aliphatic carbocycles. The molecule has 2 N–H and O–H groups in total. The summed E-state index contributed by atoms with van der Waals surface area (Å²) in [5, 5.41) is 11.7. The summed E-state index contributed by atoms with van der Waals surface area (Å²) in [5.74, 6) is 0.0841. The second-order valence-corrected chi connectivity index (χ2v) is 4.47. The number of hydrogen-bond donors (Lipinski definition) is 2. The van der Waals surface area contributed by atoms with Crippen molar-refractivity contribution in [1.29, 1.82) is 0 Å². The molecular formula is C14H20N4O. The van der Waals surface area contributed by atoms with E-state index in [-0.39, 0.29) is 5.91 Å². The Bertz CT molecular complexity index is 562. The molecule has 0 unspecified atom stereocenters. The maximum absolute atomic E-state index is 11.3. The maximum Gasteiger partial charge on any atom is 0.221 e. The molecule has 2 rings (SSSR count). The highest BCUT2D eigenvalue weighted by molar-refractivity contribution is 5.81. The van der Waals surface area contributed by atoms with E-state index in [1.165, 1.54) is 0 Å². The van der Waals surface area contributed by atoms with Gasteiger partial charge in [-0.3, -0.25) is 9.48 Å². The molecule has 0 bridgehead atoms. The van der Waals surface area contributed by atoms with Gasteiger partial charge >= 0.3 is 0 Å². The van der Waals surface area contributed by atoms with E-state index in [0.717, 1.165) is 16.6 Å². The van der Waals surface area contributed by atoms with Crippen molar-refractivity contribution in [2.24, 2.45) is 7.05 Å². The van der Waals surface area contributed by atoms with E-state index in [1.54, 1.807) is 0 Å². The molecule has 1 amide bonds. The number of para-hydroxylation sites is 1. The Morgan fingerprint density at radius 3 is 2.95 bits per heavy atom. The molecule has 19 heavy (non-hydrogen) atoms. The zero-order chi connectivity index (χ0) is 13.7. The van der Waals surface area contributed by atoms with E-state index in [4.69, 9.17) is 0 Å². The number of benzene rings is 1. The van der Waals surface area contributed by atoms with E-state index in [2.05, 4.69) is 27.9 Å². The molecule has 0 aliphatic heterocycles. The number of nitrogens with zero attached hydrogens (tertiary/aromatic N) is 2. The summed E-state index contributed by atoms with van der Waals surface area (Å²) in [7, 11) is 1.94. The minimum Gasteiger partial charge on any atom is -0.356 e. The largest absolute Gasteiger partial charge is 0.356 e. The molecule has 1 aromatic carbocycles. The van der Waals surface area contributed by atoms with Crippen molar-refractivity contribution < 1.29 is 4.79 Å². The molecule has 5 nitrogen and oxygen atoms in total. The summed E-state index contributed by atoms with van der Waals surface area (Å²) in [6.45, 7) is 3.95. The molecule has 5 heteroatoms. The van der Waals surface area contributed by atoms with Crippen LogP contribution in [0.3, 0.4) is 0 Å². The lowest BCUT2D eigenvalue weighted by molar-refractivity contribution is -0.120. The van der Waals surface area contributed by atoms with E-state index < -0.39 is 0 Å². The van der Waals surface area contributed by atoms with Gasteiger partial charge in [-0.25, -0.2) is 0 Å². The lowest BCUT2D eigenvalue weighted by atomic mass is 10.2. The van der Waals surface area contributed by atoms with Crippen LogP contribution in [-0.4, -0.2) is 28.8 Å². The first kappa shape index (κ1) is 13.5. The Labute approximate surface area is 113 Å². The average molecular weight is 260 g/mol. The second kappa shape index (κ2) is 6.33. The minimum atomic E-state index is 0.0841. The van der Waals surface area contributed by atoms with Crippen LogP contribution in [0.4, 0.5) is 0 Å². The number of hydrogen-bond acceptors (Lipinski definition) is 3. The van der Waals surface area contributed by atoms with Crippen LogP contribution in [0.1, 0.15) is 19.0 Å². The number of nitrogens with one attached hydrogen (secondary N) is 2. The molecule has 0 fully saturated rings. The Kier molecular flexibility index (Phi) is 4.52. The number of carbonyl (C=O) groups excluding carboxylic acids is 1. The van der Waals surface area contributed by atoms with Crippen molar-refractivity contribution in [3.8, 4) is 0 Å². The van der Waals surface area contributed by atoms with E-state index in [9.17, 15) is 4.79 Å². The molecule has 1 heterocycles. The molecule has 0 atom stereocenters. The van der Waals surface area contributed by atoms with Crippen LogP contribution in [0.5, 0.6) is 0 Å². The van der Waals surface area contributed by atoms with Gasteiger partial charge in [0.2, 0.25) is 5.91 Å². The van der Waals surface area contributed by atoms with Crippen molar-refractivity contribution in [3.05, 3.63) is 30.0 Å². The first-order chi connectivity index (χ1) is 9.22. The number of amides is 1. The summed E-state index contributed by atoms with van der Waals surface area (Å²) in [6.07, 6.45) is 0.499. The van der Waals surface area contributed by atoms with Crippen molar-refractivity contribution in [2.45, 2.75) is 19.9 Å². The summed E-state index contributed by atoms with van der Waals surface area (Å²) in [5.41, 5.74) is 2.15. The van der Waals surface area contributed by atoms with Gasteiger partial charge in [-0.2, -0.15) is 5.10 Å². The van der Waals surface area contributed by atoms with Gasteiger partial charge < -0.3 is 10.6 Å². The third-order valence-electron chi connectivity index (χ3n) is 3.03. The van der Waals surface area contributed by atoms with E-state index in [0.29, 0.717) is 26.1 Å². The van der Waals surface area contributed by atoms with Crippen molar-refractivity contribution in [3.63, 3.8) is 0 Å². The topological polar surface area (TPSA) is 59.0 Å². The van der Waals surface area contributed by atoms with E-state index >= 15 is 0 Å². The third-order valence-corrected chi connectivity index (χ3v) is 3.03. The Hall–Kier alpha value is -1.88. The molecule has 102 valence electrons. The van der Waals surface area contributed by atoms with Gasteiger partial charge in [0.15, 0.2) is 0 Å². The molecule has 0 aliphatic rings. The quantitative estimate of drug-likeness (QED) is 0.767. The zero-order valence-electron chi connectivity index (χ0n) is 11.4. The van der Waals surface area contributed by atoms with Crippen LogP contribution in [0.15, 0.2) is 24.3 Å². The SMILES string of the molecule is CCNC(=O)CCNCc1nn(C)c2ccccc12. The van der Waals surface area contributed by atoms with Gasteiger partial charge in [0, 0.05) is 38.5 Å². The van der Waals surface area contributed by atoms with Gasteiger partial charge in [0.05, 0.1) is 11.2 Å². The third kappa shape index (κ3) is 3.32. The highest BCUT2D eigenvalue weighted by Gasteiger charge is 2.07. The molecule has 1 aromatic heterocycles. The summed E-state index contributed by atoms with van der Waals surface area (Å²) >= 11 is 0. The Morgan fingerprint density at radius 2 is 2.16 bits per heavy atom. The van der Waals surface area contributed by atoms with Crippen molar-refractivity contribution in [1.82, 2.24) is 20.4 Å². The van der Waals surface area contributed by atoms with Gasteiger partial charge in [0.25, 0.3) is 0 Å². The van der Waals surface area contributed by atoms with Gasteiger partial charge in [0.1, 0.15) is 0 Å². The molecule has 0 saturated carbocycles. The summed E-state index contributed by atoms with van der Waals surface area (Å²) in [4.78, 5) is 11.3. The number of aromatic nitrogens is 2. The van der Waals surface area contributed by atoms with Crippen LogP contribution in [0.2, 0.25) is 0 Å². The van der Waals surface area contributed by atoms with Crippen LogP contribution in [0, 0.1) is 0 Å². The zero-order valence-corrected chi connectivity index (χ0v) is 11.4. The monoisotopic (exact) mass is 260 g/mol. The van der Waals surface area contributed by atoms with E-state index in [1.807, 2.05) is 30.8 Å². The first-order valence-corrected chi connectivity index (χ1v) is 6.60. The highest BCUT2D eigenvalue weighted by Crippen LogP contribution is 2.16. The van der Waals surface area contributed by atoms with Crippen LogP contribution < -0.4 is 10.6 Å². The van der Waals surface area contributed by atoms with Crippen molar-refractivity contribution in [2.75, 3.05) is 13.1 Å². The fourth-order valence-corrected chi connectivity index (χ4v) is 2.11. The second-order valence-electron chi connectivity index (χ2n) is 4.47. The van der Waals surface area contributed by atoms with Crippen LogP contribution >= 0.6 is 0 Å². The van der Waals surface area contributed by atoms with Gasteiger partial charge in [-0.05, 0) is 13.0 Å². The van der Waals surface area contributed by atoms with Crippen LogP contribution in [0.25, 0.3) is 10.9 Å². The summed E-state index contributed by atoms with van der Waals surface area (Å²) < 4.78 is 1.89. The summed E-state index contributed by atoms with van der Waals surface area (Å²) in [6, 6.07) is 8.15. The first-order valence-electron chi connectivity index (χ1n) is 6.60. The molecule has 2 aromatic rings. The van der Waals surface area contributed by atoms with Crippen LogP contribution in [-0.2, 0) is 18.4 Å². The van der Waals surface area contributed by atoms with Gasteiger partial charge in [-0.15, -0.1) is 0 Å². The number of carbonyl (C=O) groups is 1. The fourth-order valence-electron chi connectivity index (χ4n) is 2.11. The Morgan fingerprint density at radius 1 is 1.37 bits per heavy atom. The molecule has 0 spiro atoms. The molecule has 0 radical (unpaired) electrons. The van der Waals surface area contributed by atoms with Crippen molar-refractivity contribution >= 4 is 16.8 Å². The highest BCUT2D eigenvalue weighted by atomic mass is 16.1. The molecule has 0 saturated heterocycles. The fraction of sp³-hybridized carbons (Fsp3) is 0.429.